The molecule has 1 rings (SSSR count). The molecule has 8 nitrogen and oxygen atoms in total. The van der Waals surface area contributed by atoms with Gasteiger partial charge in [-0.3, -0.25) is 0 Å². The zero-order valence-electron chi connectivity index (χ0n) is 8.50. The molecular weight excluding hydrogens is 227 g/mol. The Labute approximate surface area is 115 Å². The number of hydrogen-bond donors (Lipinski definition) is 1. The molecule has 0 saturated carbocycles. The van der Waals surface area contributed by atoms with E-state index in [4.69, 9.17) is 9.94 Å². The minimum atomic E-state index is -0.379. The molecule has 0 atom stereocenters. The van der Waals surface area contributed by atoms with Crippen molar-refractivity contribution >= 4 is 35.7 Å². The van der Waals surface area contributed by atoms with Crippen LogP contribution in [-0.2, 0) is 4.74 Å². The molecule has 1 heterocycles. The third-order valence-corrected chi connectivity index (χ3v) is 2.10. The summed E-state index contributed by atoms with van der Waals surface area (Å²) in [6, 6.07) is 0. The van der Waals surface area contributed by atoms with Crippen LogP contribution in [0.25, 0.3) is 0 Å². The van der Waals surface area contributed by atoms with Crippen LogP contribution in [0.4, 0.5) is 4.79 Å². The van der Waals surface area contributed by atoms with E-state index >= 15 is 0 Å². The van der Waals surface area contributed by atoms with Crippen LogP contribution in [0.2, 0.25) is 0 Å². The molecule has 1 aliphatic rings. The number of ether oxygens (including phenoxy) is 1. The molecule has 88 valence electrons. The molecule has 0 aromatic carbocycles. The van der Waals surface area contributed by atoms with Crippen LogP contribution in [0.3, 0.4) is 0 Å². The van der Waals surface area contributed by atoms with Crippen molar-refractivity contribution in [2.45, 2.75) is 6.92 Å². The molecule has 1 amide bonds. The second kappa shape index (κ2) is 7.53. The van der Waals surface area contributed by atoms with Crippen molar-refractivity contribution in [3.05, 3.63) is 5.21 Å². The minimum absolute atomic E-state index is 0. The average Bonchev–Trinajstić information content (AvgIpc) is 2.28. The molecule has 1 N–H and O–H groups in total. The van der Waals surface area contributed by atoms with Crippen LogP contribution in [0.15, 0.2) is 5.28 Å². The monoisotopic (exact) mass is 242 g/mol. The number of hydrogen-bond acceptors (Lipinski definition) is 4. The van der Waals surface area contributed by atoms with Gasteiger partial charge in [0.15, 0.2) is 0 Å². The van der Waals surface area contributed by atoms with E-state index in [-0.39, 0.29) is 40.6 Å². The van der Waals surface area contributed by atoms with Gasteiger partial charge in [0.25, 0.3) is 0 Å². The molecule has 0 aromatic heterocycles. The number of carbonyl (C=O) groups excluding carboxylic acids is 1. The Morgan fingerprint density at radius 1 is 1.50 bits per heavy atom. The normalized spacial score (nSPS) is 16.7. The molecule has 1 fully saturated rings. The van der Waals surface area contributed by atoms with Crippen molar-refractivity contribution in [1.82, 2.24) is 9.91 Å². The summed E-state index contributed by atoms with van der Waals surface area (Å²) >= 11 is 0. The van der Waals surface area contributed by atoms with Crippen molar-refractivity contribution in [2.75, 3.05) is 32.8 Å². The summed E-state index contributed by atoms with van der Waals surface area (Å²) in [6.45, 7) is 3.48. The zero-order chi connectivity index (χ0) is 11.3. The number of piperazine rings is 1. The SMILES string of the molecule is CCOC(=O)N1CCN([N+]([O-])=NO)CC1.[NaH]. The predicted octanol–water partition coefficient (Wildman–Crippen LogP) is -0.621. The molecular formula is C7H15N4NaO4. The first-order valence-electron chi connectivity index (χ1n) is 4.68. The molecule has 0 spiro atoms. The van der Waals surface area contributed by atoms with Crippen LogP contribution in [-0.4, -0.2) is 88.5 Å². The topological polar surface area (TPSA) is 91.4 Å². The van der Waals surface area contributed by atoms with Gasteiger partial charge in [-0.05, 0) is 6.92 Å². The van der Waals surface area contributed by atoms with Gasteiger partial charge in [0, 0.05) is 13.1 Å². The Bertz CT molecular complexity index is 255. The van der Waals surface area contributed by atoms with Gasteiger partial charge in [0.05, 0.1) is 24.7 Å². The van der Waals surface area contributed by atoms with Crippen LogP contribution in [0, 0.1) is 5.21 Å². The standard InChI is InChI=1S/C7H14N4O4.Na.H/c1-2-15-7(12)9-3-5-10(6-4-9)11(14)8-13;;/h13H,2-6H2,1H3;;. The summed E-state index contributed by atoms with van der Waals surface area (Å²) in [5, 5.41) is 22.9. The number of nitrogens with zero attached hydrogens (tertiary/aromatic N) is 4. The first-order chi connectivity index (χ1) is 7.19. The van der Waals surface area contributed by atoms with E-state index in [0.717, 1.165) is 0 Å². The zero-order valence-corrected chi connectivity index (χ0v) is 8.50. The Morgan fingerprint density at radius 3 is 2.50 bits per heavy atom. The molecule has 9 heteroatoms. The summed E-state index contributed by atoms with van der Waals surface area (Å²) in [6.07, 6.45) is -0.379. The second-order valence-corrected chi connectivity index (χ2v) is 2.98. The van der Waals surface area contributed by atoms with Crippen LogP contribution in [0.1, 0.15) is 6.92 Å². The molecule has 1 aliphatic heterocycles. The van der Waals surface area contributed by atoms with Gasteiger partial charge in [0.1, 0.15) is 0 Å². The van der Waals surface area contributed by atoms with Gasteiger partial charge in [-0.2, -0.15) is 0 Å². The fourth-order valence-electron chi connectivity index (χ4n) is 1.32. The molecule has 1 saturated heterocycles. The quantitative estimate of drug-likeness (QED) is 0.301. The molecule has 0 radical (unpaired) electrons. The first kappa shape index (κ1) is 15.3. The van der Waals surface area contributed by atoms with Gasteiger partial charge >= 0.3 is 35.7 Å². The molecule has 0 aliphatic carbocycles. The Balaban J connectivity index is 0.00000225. The van der Waals surface area contributed by atoms with Crippen molar-refractivity contribution in [2.24, 2.45) is 5.28 Å². The maximum atomic E-state index is 11.3. The number of hydrazine groups is 1. The van der Waals surface area contributed by atoms with Gasteiger partial charge in [-0.15, -0.1) is 5.01 Å². The fraction of sp³-hybridized carbons (Fsp3) is 0.857. The Hall–Kier alpha value is -0.730. The first-order valence-corrected chi connectivity index (χ1v) is 4.68. The fourth-order valence-corrected chi connectivity index (χ4v) is 1.32. The van der Waals surface area contributed by atoms with Gasteiger partial charge < -0.3 is 20.1 Å². The van der Waals surface area contributed by atoms with Crippen LogP contribution < -0.4 is 0 Å². The number of rotatable bonds is 2. The van der Waals surface area contributed by atoms with Crippen molar-refractivity contribution in [3.63, 3.8) is 0 Å². The van der Waals surface area contributed by atoms with Crippen LogP contribution in [0.5, 0.6) is 0 Å². The molecule has 16 heavy (non-hydrogen) atoms. The van der Waals surface area contributed by atoms with Crippen LogP contribution >= 0.6 is 0 Å². The van der Waals surface area contributed by atoms with E-state index < -0.39 is 0 Å². The van der Waals surface area contributed by atoms with E-state index in [1.807, 2.05) is 0 Å². The summed E-state index contributed by atoms with van der Waals surface area (Å²) < 4.78 is 4.81. The Morgan fingerprint density at radius 2 is 2.06 bits per heavy atom. The summed E-state index contributed by atoms with van der Waals surface area (Å²) in [5.74, 6) is 0. The second-order valence-electron chi connectivity index (χ2n) is 2.98. The molecule has 0 aromatic rings. The third kappa shape index (κ3) is 4.03. The summed E-state index contributed by atoms with van der Waals surface area (Å²) in [5.41, 5.74) is 0. The molecule has 0 unspecified atom stereocenters. The number of amides is 1. The summed E-state index contributed by atoms with van der Waals surface area (Å²) in [7, 11) is 0. The third-order valence-electron chi connectivity index (χ3n) is 2.10. The average molecular weight is 242 g/mol. The van der Waals surface area contributed by atoms with Gasteiger partial charge in [-0.1, -0.05) is 0 Å². The predicted molar refractivity (Wildman–Crippen MR) is 55.2 cm³/mol. The van der Waals surface area contributed by atoms with Crippen molar-refractivity contribution < 1.29 is 19.7 Å². The molecule has 0 bridgehead atoms. The Kier molecular flexibility index (Phi) is 7.18. The van der Waals surface area contributed by atoms with E-state index in [1.54, 1.807) is 6.92 Å². The maximum absolute atomic E-state index is 11.3. The van der Waals surface area contributed by atoms with Crippen molar-refractivity contribution in [1.29, 1.82) is 0 Å². The van der Waals surface area contributed by atoms with E-state index in [0.29, 0.717) is 32.8 Å². The van der Waals surface area contributed by atoms with E-state index in [1.165, 1.54) is 9.91 Å². The van der Waals surface area contributed by atoms with E-state index in [2.05, 4.69) is 5.28 Å². The van der Waals surface area contributed by atoms with Gasteiger partial charge in [-0.25, -0.2) is 4.79 Å². The van der Waals surface area contributed by atoms with Gasteiger partial charge in [0.2, 0.25) is 5.28 Å². The summed E-state index contributed by atoms with van der Waals surface area (Å²) in [4.78, 5) is 12.9. The van der Waals surface area contributed by atoms with Crippen molar-refractivity contribution in [3.8, 4) is 0 Å². The van der Waals surface area contributed by atoms with E-state index in [9.17, 15) is 10.0 Å². The number of carbonyl (C=O) groups is 1.